The van der Waals surface area contributed by atoms with Crippen molar-refractivity contribution in [3.63, 3.8) is 0 Å². The van der Waals surface area contributed by atoms with Gasteiger partial charge in [0, 0.05) is 19.4 Å². The fourth-order valence-corrected chi connectivity index (χ4v) is 4.31. The number of allylic oxidation sites excluding steroid dienone is 1. The van der Waals surface area contributed by atoms with Crippen molar-refractivity contribution in [1.29, 1.82) is 0 Å². The minimum atomic E-state index is -0.0746. The number of nitrogens with one attached hydrogen (secondary N) is 2. The molecule has 166 valence electrons. The standard InChI is InChI=1S/C26H46N2O/c1-7-10-11-12-13-19-24(23(4)18-14-16-21-27-6)26(5,9-3)20-15-17-22-28-25(29)8-2/h7-8,23-24,27H,1-2,9-10,13-22H2,3-6H3,(H,28,29). The van der Waals surface area contributed by atoms with E-state index in [0.717, 1.165) is 38.8 Å². The van der Waals surface area contributed by atoms with Gasteiger partial charge in [-0.1, -0.05) is 65.0 Å². The SMILES string of the molecule is C=CCC#CCCC(C(C)CCCCNC)C(C)(CC)CCCCNC(=O)C=C. The Balaban J connectivity index is 4.88. The lowest BCUT2D eigenvalue weighted by molar-refractivity contribution is -0.116. The Morgan fingerprint density at radius 2 is 1.83 bits per heavy atom. The molecule has 0 bridgehead atoms. The van der Waals surface area contributed by atoms with Gasteiger partial charge in [-0.25, -0.2) is 0 Å². The highest BCUT2D eigenvalue weighted by Gasteiger charge is 2.34. The number of rotatable bonds is 17. The molecule has 0 aromatic heterocycles. The van der Waals surface area contributed by atoms with Crippen molar-refractivity contribution in [2.45, 2.75) is 85.0 Å². The fourth-order valence-electron chi connectivity index (χ4n) is 4.31. The van der Waals surface area contributed by atoms with Crippen molar-refractivity contribution in [2.75, 3.05) is 20.1 Å². The van der Waals surface area contributed by atoms with Crippen molar-refractivity contribution in [2.24, 2.45) is 17.3 Å². The molecule has 3 nitrogen and oxygen atoms in total. The molecule has 0 heterocycles. The molecule has 0 radical (unpaired) electrons. The molecule has 0 fully saturated rings. The Labute approximate surface area is 181 Å². The van der Waals surface area contributed by atoms with Gasteiger partial charge in [-0.15, -0.1) is 12.5 Å². The minimum Gasteiger partial charge on any atom is -0.353 e. The third kappa shape index (κ3) is 12.6. The van der Waals surface area contributed by atoms with Crippen molar-refractivity contribution >= 4 is 5.91 Å². The Kier molecular flexibility index (Phi) is 16.4. The zero-order chi connectivity index (χ0) is 22.0. The maximum Gasteiger partial charge on any atom is 0.243 e. The average Bonchev–Trinajstić information content (AvgIpc) is 2.72. The molecular weight excluding hydrogens is 356 g/mol. The van der Waals surface area contributed by atoms with Crippen LogP contribution in [0.5, 0.6) is 0 Å². The van der Waals surface area contributed by atoms with Crippen molar-refractivity contribution < 1.29 is 4.79 Å². The second kappa shape index (κ2) is 17.3. The fraction of sp³-hybridized carbons (Fsp3) is 0.731. The molecule has 0 spiro atoms. The van der Waals surface area contributed by atoms with Crippen LogP contribution in [0.3, 0.4) is 0 Å². The van der Waals surface area contributed by atoms with Gasteiger partial charge < -0.3 is 10.6 Å². The van der Waals surface area contributed by atoms with Crippen LogP contribution in [0.1, 0.15) is 85.0 Å². The average molecular weight is 403 g/mol. The molecule has 0 saturated heterocycles. The first-order valence-electron chi connectivity index (χ1n) is 11.6. The van der Waals surface area contributed by atoms with Gasteiger partial charge in [0.15, 0.2) is 0 Å². The molecule has 0 saturated carbocycles. The Morgan fingerprint density at radius 3 is 2.45 bits per heavy atom. The van der Waals surface area contributed by atoms with Crippen LogP contribution < -0.4 is 10.6 Å². The molecule has 3 heteroatoms. The quantitative estimate of drug-likeness (QED) is 0.138. The van der Waals surface area contributed by atoms with E-state index in [1.807, 2.05) is 13.1 Å². The second-order valence-electron chi connectivity index (χ2n) is 8.53. The van der Waals surface area contributed by atoms with E-state index in [1.165, 1.54) is 44.6 Å². The summed E-state index contributed by atoms with van der Waals surface area (Å²) < 4.78 is 0. The predicted molar refractivity (Wildman–Crippen MR) is 128 cm³/mol. The first-order valence-corrected chi connectivity index (χ1v) is 11.6. The summed E-state index contributed by atoms with van der Waals surface area (Å²) in [6.45, 7) is 16.3. The monoisotopic (exact) mass is 402 g/mol. The van der Waals surface area contributed by atoms with Gasteiger partial charge in [0.2, 0.25) is 5.91 Å². The van der Waals surface area contributed by atoms with Crippen molar-refractivity contribution in [3.8, 4) is 11.8 Å². The maximum absolute atomic E-state index is 11.3. The van der Waals surface area contributed by atoms with E-state index in [0.29, 0.717) is 17.3 Å². The molecule has 3 atom stereocenters. The zero-order valence-electron chi connectivity index (χ0n) is 19.6. The van der Waals surface area contributed by atoms with Gasteiger partial charge in [0.1, 0.15) is 0 Å². The molecule has 0 aliphatic heterocycles. The van der Waals surface area contributed by atoms with E-state index in [-0.39, 0.29) is 5.91 Å². The molecule has 0 aliphatic carbocycles. The van der Waals surface area contributed by atoms with Crippen LogP contribution in [0.2, 0.25) is 0 Å². The van der Waals surface area contributed by atoms with E-state index in [4.69, 9.17) is 0 Å². The van der Waals surface area contributed by atoms with Gasteiger partial charge in [-0.2, -0.15) is 0 Å². The summed E-state index contributed by atoms with van der Waals surface area (Å²) in [5.41, 5.74) is 0.324. The summed E-state index contributed by atoms with van der Waals surface area (Å²) in [5, 5.41) is 6.15. The number of amides is 1. The lowest BCUT2D eigenvalue weighted by Gasteiger charge is -2.41. The number of unbranched alkanes of at least 4 members (excludes halogenated alkanes) is 2. The maximum atomic E-state index is 11.3. The summed E-state index contributed by atoms with van der Waals surface area (Å²) in [4.78, 5) is 11.3. The first kappa shape index (κ1) is 27.5. The molecule has 2 N–H and O–H groups in total. The van der Waals surface area contributed by atoms with Crippen LogP contribution >= 0.6 is 0 Å². The van der Waals surface area contributed by atoms with Gasteiger partial charge in [0.05, 0.1) is 0 Å². The van der Waals surface area contributed by atoms with E-state index in [2.05, 4.69) is 56.4 Å². The number of hydrogen-bond donors (Lipinski definition) is 2. The summed E-state index contributed by atoms with van der Waals surface area (Å²) in [6.07, 6.45) is 14.5. The smallest absolute Gasteiger partial charge is 0.243 e. The third-order valence-electron chi connectivity index (χ3n) is 6.34. The predicted octanol–water partition coefficient (Wildman–Crippen LogP) is 5.88. The zero-order valence-corrected chi connectivity index (χ0v) is 19.6. The van der Waals surface area contributed by atoms with Gasteiger partial charge in [0.25, 0.3) is 0 Å². The van der Waals surface area contributed by atoms with Crippen LogP contribution in [-0.2, 0) is 4.79 Å². The minimum absolute atomic E-state index is 0.0746. The molecule has 0 aromatic carbocycles. The lowest BCUT2D eigenvalue weighted by Crippen LogP contribution is -2.32. The van der Waals surface area contributed by atoms with Crippen LogP contribution in [0.4, 0.5) is 0 Å². The number of hydrogen-bond acceptors (Lipinski definition) is 2. The Morgan fingerprint density at radius 1 is 1.10 bits per heavy atom. The van der Waals surface area contributed by atoms with E-state index in [1.54, 1.807) is 0 Å². The van der Waals surface area contributed by atoms with Crippen LogP contribution in [0.15, 0.2) is 25.3 Å². The molecule has 0 aromatic rings. The molecule has 1 amide bonds. The Hall–Kier alpha value is -1.53. The highest BCUT2D eigenvalue weighted by molar-refractivity contribution is 5.86. The lowest BCUT2D eigenvalue weighted by atomic mass is 9.64. The van der Waals surface area contributed by atoms with Crippen LogP contribution in [-0.4, -0.2) is 26.0 Å². The van der Waals surface area contributed by atoms with Crippen molar-refractivity contribution in [1.82, 2.24) is 10.6 Å². The second-order valence-corrected chi connectivity index (χ2v) is 8.53. The van der Waals surface area contributed by atoms with Gasteiger partial charge >= 0.3 is 0 Å². The molecule has 29 heavy (non-hydrogen) atoms. The summed E-state index contributed by atoms with van der Waals surface area (Å²) in [7, 11) is 2.03. The normalized spacial score (nSPS) is 14.8. The van der Waals surface area contributed by atoms with Gasteiger partial charge in [-0.05, 0) is 62.6 Å². The molecule has 0 rings (SSSR count). The first-order chi connectivity index (χ1) is 13.9. The summed E-state index contributed by atoms with van der Waals surface area (Å²) in [5.74, 6) is 7.88. The number of carbonyl (C=O) groups is 1. The molecule has 0 aliphatic rings. The van der Waals surface area contributed by atoms with Gasteiger partial charge in [-0.3, -0.25) is 4.79 Å². The highest BCUT2D eigenvalue weighted by Crippen LogP contribution is 2.44. The van der Waals surface area contributed by atoms with Crippen molar-refractivity contribution in [3.05, 3.63) is 25.3 Å². The summed E-state index contributed by atoms with van der Waals surface area (Å²) in [6, 6.07) is 0. The molecule has 3 unspecified atom stereocenters. The van der Waals surface area contributed by atoms with E-state index < -0.39 is 0 Å². The molecular formula is C26H46N2O. The van der Waals surface area contributed by atoms with E-state index in [9.17, 15) is 4.79 Å². The topological polar surface area (TPSA) is 41.1 Å². The largest absolute Gasteiger partial charge is 0.353 e. The summed E-state index contributed by atoms with van der Waals surface area (Å²) >= 11 is 0. The highest BCUT2D eigenvalue weighted by atomic mass is 16.1. The number of carbonyl (C=O) groups excluding carboxylic acids is 1. The third-order valence-corrected chi connectivity index (χ3v) is 6.34. The van der Waals surface area contributed by atoms with E-state index >= 15 is 0 Å². The van der Waals surface area contributed by atoms with Crippen LogP contribution in [0, 0.1) is 29.1 Å². The Bertz CT molecular complexity index is 517. The van der Waals surface area contributed by atoms with Crippen LogP contribution in [0.25, 0.3) is 0 Å².